The SMILES string of the molecule is CC(=O)c1cccc(Nc2ccc(NC(=O)CC(C)C)cc2)c1. The Kier molecular flexibility index (Phi) is 5.52. The van der Waals surface area contributed by atoms with Gasteiger partial charge in [0.1, 0.15) is 0 Å². The molecule has 1 amide bonds. The molecule has 2 N–H and O–H groups in total. The van der Waals surface area contributed by atoms with Crippen molar-refractivity contribution >= 4 is 28.8 Å². The minimum absolute atomic E-state index is 0.0230. The smallest absolute Gasteiger partial charge is 0.224 e. The number of benzene rings is 2. The van der Waals surface area contributed by atoms with Crippen LogP contribution >= 0.6 is 0 Å². The van der Waals surface area contributed by atoms with Crippen molar-refractivity contribution in [2.45, 2.75) is 27.2 Å². The van der Waals surface area contributed by atoms with Crippen LogP contribution in [-0.4, -0.2) is 11.7 Å². The Morgan fingerprint density at radius 1 is 0.957 bits per heavy atom. The average Bonchev–Trinajstić information content (AvgIpc) is 2.48. The third-order valence-electron chi connectivity index (χ3n) is 3.32. The Bertz CT molecular complexity index is 691. The molecule has 0 saturated carbocycles. The normalized spacial score (nSPS) is 10.4. The van der Waals surface area contributed by atoms with E-state index in [0.29, 0.717) is 17.9 Å². The summed E-state index contributed by atoms with van der Waals surface area (Å²) in [5, 5.41) is 6.12. The summed E-state index contributed by atoms with van der Waals surface area (Å²) in [6.07, 6.45) is 0.512. The van der Waals surface area contributed by atoms with Gasteiger partial charge in [0.25, 0.3) is 0 Å². The monoisotopic (exact) mass is 310 g/mol. The zero-order valence-electron chi connectivity index (χ0n) is 13.7. The lowest BCUT2D eigenvalue weighted by atomic mass is 10.1. The van der Waals surface area contributed by atoms with Gasteiger partial charge in [-0.15, -0.1) is 0 Å². The fraction of sp³-hybridized carbons (Fsp3) is 0.263. The van der Waals surface area contributed by atoms with Crippen LogP contribution in [0.2, 0.25) is 0 Å². The molecule has 0 bridgehead atoms. The van der Waals surface area contributed by atoms with Crippen LogP contribution in [0.1, 0.15) is 37.6 Å². The van der Waals surface area contributed by atoms with Gasteiger partial charge in [-0.2, -0.15) is 0 Å². The molecular weight excluding hydrogens is 288 g/mol. The quantitative estimate of drug-likeness (QED) is 0.766. The van der Waals surface area contributed by atoms with Crippen LogP contribution in [-0.2, 0) is 4.79 Å². The lowest BCUT2D eigenvalue weighted by Crippen LogP contribution is -2.13. The zero-order chi connectivity index (χ0) is 16.8. The second-order valence-electron chi connectivity index (χ2n) is 5.99. The van der Waals surface area contributed by atoms with Crippen molar-refractivity contribution < 1.29 is 9.59 Å². The van der Waals surface area contributed by atoms with Crippen molar-refractivity contribution in [3.8, 4) is 0 Å². The molecule has 0 unspecified atom stereocenters. The number of anilines is 3. The molecule has 23 heavy (non-hydrogen) atoms. The first kappa shape index (κ1) is 16.7. The molecule has 120 valence electrons. The number of hydrogen-bond acceptors (Lipinski definition) is 3. The van der Waals surface area contributed by atoms with Crippen LogP contribution in [0.5, 0.6) is 0 Å². The molecule has 0 spiro atoms. The maximum absolute atomic E-state index is 11.7. The van der Waals surface area contributed by atoms with Crippen LogP contribution in [0.25, 0.3) is 0 Å². The number of amides is 1. The average molecular weight is 310 g/mol. The van der Waals surface area contributed by atoms with Crippen molar-refractivity contribution in [1.29, 1.82) is 0 Å². The van der Waals surface area contributed by atoms with Gasteiger partial charge < -0.3 is 10.6 Å². The fourth-order valence-electron chi connectivity index (χ4n) is 2.20. The third-order valence-corrected chi connectivity index (χ3v) is 3.32. The number of hydrogen-bond donors (Lipinski definition) is 2. The van der Waals surface area contributed by atoms with E-state index in [9.17, 15) is 9.59 Å². The first-order valence-electron chi connectivity index (χ1n) is 7.72. The molecule has 2 rings (SSSR count). The van der Waals surface area contributed by atoms with Gasteiger partial charge in [0.05, 0.1) is 0 Å². The lowest BCUT2D eigenvalue weighted by molar-refractivity contribution is -0.116. The van der Waals surface area contributed by atoms with E-state index in [1.54, 1.807) is 13.0 Å². The maximum atomic E-state index is 11.7. The number of Topliss-reactive ketones (excluding diaryl/α,β-unsaturated/α-hetero) is 1. The van der Waals surface area contributed by atoms with E-state index in [1.165, 1.54) is 0 Å². The Labute approximate surface area is 136 Å². The molecule has 0 aliphatic carbocycles. The number of ketones is 1. The molecule has 4 heteroatoms. The zero-order valence-corrected chi connectivity index (χ0v) is 13.7. The number of carbonyl (C=O) groups is 2. The predicted molar refractivity (Wildman–Crippen MR) is 94.3 cm³/mol. The molecule has 0 aromatic heterocycles. The molecular formula is C19H22N2O2. The van der Waals surface area contributed by atoms with Crippen molar-refractivity contribution in [3.05, 3.63) is 54.1 Å². The second kappa shape index (κ2) is 7.58. The van der Waals surface area contributed by atoms with Crippen molar-refractivity contribution in [2.24, 2.45) is 5.92 Å². The van der Waals surface area contributed by atoms with Gasteiger partial charge in [-0.05, 0) is 49.2 Å². The molecule has 0 radical (unpaired) electrons. The van der Waals surface area contributed by atoms with E-state index in [2.05, 4.69) is 10.6 Å². The standard InChI is InChI=1S/C19H22N2O2/c1-13(2)11-19(23)21-17-9-7-16(8-10-17)20-18-6-4-5-15(12-18)14(3)22/h4-10,12-13,20H,11H2,1-3H3,(H,21,23). The highest BCUT2D eigenvalue weighted by molar-refractivity contribution is 5.95. The third kappa shape index (κ3) is 5.25. The maximum Gasteiger partial charge on any atom is 0.224 e. The molecule has 2 aromatic carbocycles. The second-order valence-corrected chi connectivity index (χ2v) is 5.99. The van der Waals surface area contributed by atoms with Crippen LogP contribution in [0.4, 0.5) is 17.1 Å². The van der Waals surface area contributed by atoms with E-state index in [4.69, 9.17) is 0 Å². The summed E-state index contributed by atoms with van der Waals surface area (Å²) in [5.41, 5.74) is 3.20. The molecule has 0 heterocycles. The molecule has 0 aliphatic rings. The van der Waals surface area contributed by atoms with E-state index in [0.717, 1.165) is 17.1 Å². The Morgan fingerprint density at radius 3 is 2.22 bits per heavy atom. The van der Waals surface area contributed by atoms with Crippen LogP contribution in [0.3, 0.4) is 0 Å². The lowest BCUT2D eigenvalue weighted by Gasteiger charge is -2.10. The van der Waals surface area contributed by atoms with Gasteiger partial charge in [-0.3, -0.25) is 9.59 Å². The Morgan fingerprint density at radius 2 is 1.61 bits per heavy atom. The number of rotatable bonds is 6. The molecule has 0 aliphatic heterocycles. The van der Waals surface area contributed by atoms with Gasteiger partial charge in [0, 0.05) is 29.0 Å². The van der Waals surface area contributed by atoms with E-state index >= 15 is 0 Å². The fourth-order valence-corrected chi connectivity index (χ4v) is 2.20. The predicted octanol–water partition coefficient (Wildman–Crippen LogP) is 4.62. The summed E-state index contributed by atoms with van der Waals surface area (Å²) in [6.45, 7) is 5.58. The number of nitrogens with one attached hydrogen (secondary N) is 2. The molecule has 0 atom stereocenters. The highest BCUT2D eigenvalue weighted by Gasteiger charge is 2.05. The van der Waals surface area contributed by atoms with E-state index in [-0.39, 0.29) is 11.7 Å². The van der Waals surface area contributed by atoms with Gasteiger partial charge in [0.2, 0.25) is 5.91 Å². The largest absolute Gasteiger partial charge is 0.356 e. The summed E-state index contributed by atoms with van der Waals surface area (Å²) in [4.78, 5) is 23.1. The highest BCUT2D eigenvalue weighted by Crippen LogP contribution is 2.20. The highest BCUT2D eigenvalue weighted by atomic mass is 16.1. The summed E-state index contributed by atoms with van der Waals surface area (Å²) >= 11 is 0. The van der Waals surface area contributed by atoms with Gasteiger partial charge in [-0.1, -0.05) is 26.0 Å². The summed E-state index contributed by atoms with van der Waals surface area (Å²) in [5.74, 6) is 0.399. The Hall–Kier alpha value is -2.62. The van der Waals surface area contributed by atoms with Crippen LogP contribution < -0.4 is 10.6 Å². The minimum Gasteiger partial charge on any atom is -0.356 e. The summed E-state index contributed by atoms with van der Waals surface area (Å²) < 4.78 is 0. The van der Waals surface area contributed by atoms with Crippen molar-refractivity contribution in [2.75, 3.05) is 10.6 Å². The molecule has 0 saturated heterocycles. The molecule has 0 fully saturated rings. The van der Waals surface area contributed by atoms with Crippen molar-refractivity contribution in [1.82, 2.24) is 0 Å². The molecule has 4 nitrogen and oxygen atoms in total. The summed E-state index contributed by atoms with van der Waals surface area (Å²) in [7, 11) is 0. The van der Waals surface area contributed by atoms with Crippen molar-refractivity contribution in [3.63, 3.8) is 0 Å². The molecule has 2 aromatic rings. The van der Waals surface area contributed by atoms with Gasteiger partial charge >= 0.3 is 0 Å². The van der Waals surface area contributed by atoms with E-state index in [1.807, 2.05) is 56.3 Å². The van der Waals surface area contributed by atoms with Gasteiger partial charge in [0.15, 0.2) is 5.78 Å². The first-order chi connectivity index (χ1) is 10.9. The van der Waals surface area contributed by atoms with Crippen LogP contribution in [0, 0.1) is 5.92 Å². The first-order valence-corrected chi connectivity index (χ1v) is 7.72. The van der Waals surface area contributed by atoms with Gasteiger partial charge in [-0.25, -0.2) is 0 Å². The Balaban J connectivity index is 2.01. The summed E-state index contributed by atoms with van der Waals surface area (Å²) in [6, 6.07) is 14.9. The van der Waals surface area contributed by atoms with E-state index < -0.39 is 0 Å². The number of carbonyl (C=O) groups excluding carboxylic acids is 2. The topological polar surface area (TPSA) is 58.2 Å². The minimum atomic E-state index is 0.0230. The van der Waals surface area contributed by atoms with Crippen LogP contribution in [0.15, 0.2) is 48.5 Å².